The maximum absolute atomic E-state index is 13.2. The van der Waals surface area contributed by atoms with Crippen LogP contribution in [0, 0.1) is 0 Å². The van der Waals surface area contributed by atoms with Crippen molar-refractivity contribution in [2.24, 2.45) is 0 Å². The third-order valence-electron chi connectivity index (χ3n) is 4.46. The van der Waals surface area contributed by atoms with Crippen molar-refractivity contribution < 1.29 is 14.3 Å². The van der Waals surface area contributed by atoms with E-state index in [-0.39, 0.29) is 11.6 Å². The van der Waals surface area contributed by atoms with Gasteiger partial charge in [0, 0.05) is 10.4 Å². The van der Waals surface area contributed by atoms with Crippen molar-refractivity contribution in [3.8, 4) is 11.5 Å². The summed E-state index contributed by atoms with van der Waals surface area (Å²) in [5.41, 5.74) is 1.09. The smallest absolute Gasteiger partial charge is 0.272 e. The summed E-state index contributed by atoms with van der Waals surface area (Å²) in [5.74, 6) is 0.335. The summed E-state index contributed by atoms with van der Waals surface area (Å²) >= 11 is 1.47. The Kier molecular flexibility index (Phi) is 6.75. The van der Waals surface area contributed by atoms with Crippen LogP contribution in [-0.2, 0) is 4.79 Å². The SMILES string of the molecule is O=C(Nc1ccccc1Oc1ccccc1)/C(=C/c1cccs1)NC(=O)c1ccccc1. The summed E-state index contributed by atoms with van der Waals surface area (Å²) in [6.07, 6.45) is 1.65. The number of ether oxygens (including phenoxy) is 1. The molecule has 4 aromatic rings. The number of anilines is 1. The van der Waals surface area contributed by atoms with Crippen molar-refractivity contribution in [1.82, 2.24) is 5.32 Å². The van der Waals surface area contributed by atoms with E-state index in [1.165, 1.54) is 11.3 Å². The van der Waals surface area contributed by atoms with Crippen LogP contribution in [0.3, 0.4) is 0 Å². The van der Waals surface area contributed by atoms with Gasteiger partial charge in [-0.3, -0.25) is 9.59 Å². The van der Waals surface area contributed by atoms with Crippen molar-refractivity contribution in [2.75, 3.05) is 5.32 Å². The summed E-state index contributed by atoms with van der Waals surface area (Å²) in [4.78, 5) is 26.7. The minimum atomic E-state index is -0.452. The van der Waals surface area contributed by atoms with Crippen LogP contribution in [0.4, 0.5) is 5.69 Å². The molecule has 5 nitrogen and oxygen atoms in total. The Hall–Kier alpha value is -4.16. The molecule has 32 heavy (non-hydrogen) atoms. The molecule has 0 bridgehead atoms. The molecule has 3 aromatic carbocycles. The lowest BCUT2D eigenvalue weighted by molar-refractivity contribution is -0.113. The monoisotopic (exact) mass is 440 g/mol. The predicted octanol–water partition coefficient (Wildman–Crippen LogP) is 5.95. The van der Waals surface area contributed by atoms with Crippen molar-refractivity contribution in [3.05, 3.63) is 119 Å². The zero-order valence-corrected chi connectivity index (χ0v) is 17.8. The number of hydrogen-bond acceptors (Lipinski definition) is 4. The number of rotatable bonds is 7. The van der Waals surface area contributed by atoms with Crippen LogP contribution < -0.4 is 15.4 Å². The average Bonchev–Trinajstić information content (AvgIpc) is 3.34. The summed E-state index contributed by atoms with van der Waals surface area (Å²) < 4.78 is 5.93. The van der Waals surface area contributed by atoms with Gasteiger partial charge < -0.3 is 15.4 Å². The van der Waals surface area contributed by atoms with E-state index < -0.39 is 5.91 Å². The van der Waals surface area contributed by atoms with Gasteiger partial charge in [0.25, 0.3) is 11.8 Å². The molecule has 1 heterocycles. The molecule has 4 rings (SSSR count). The Balaban J connectivity index is 1.58. The highest BCUT2D eigenvalue weighted by molar-refractivity contribution is 7.10. The van der Waals surface area contributed by atoms with E-state index in [4.69, 9.17) is 4.74 Å². The van der Waals surface area contributed by atoms with Crippen molar-refractivity contribution in [3.63, 3.8) is 0 Å². The Bertz CT molecular complexity index is 1220. The molecule has 158 valence electrons. The normalized spacial score (nSPS) is 10.9. The fourth-order valence-electron chi connectivity index (χ4n) is 2.92. The second-order valence-electron chi connectivity index (χ2n) is 6.76. The van der Waals surface area contributed by atoms with Gasteiger partial charge in [-0.25, -0.2) is 0 Å². The summed E-state index contributed by atoms with van der Waals surface area (Å²) in [5, 5.41) is 7.50. The number of hydrogen-bond donors (Lipinski definition) is 2. The zero-order chi connectivity index (χ0) is 22.2. The quantitative estimate of drug-likeness (QED) is 0.349. The first-order valence-corrected chi connectivity index (χ1v) is 10.8. The average molecular weight is 441 g/mol. The van der Waals surface area contributed by atoms with Gasteiger partial charge >= 0.3 is 0 Å². The van der Waals surface area contributed by atoms with Gasteiger partial charge in [0.2, 0.25) is 0 Å². The van der Waals surface area contributed by atoms with E-state index in [2.05, 4.69) is 10.6 Å². The first-order valence-electron chi connectivity index (χ1n) is 9.94. The number of carbonyl (C=O) groups excluding carboxylic acids is 2. The molecule has 6 heteroatoms. The Morgan fingerprint density at radius 2 is 1.47 bits per heavy atom. The van der Waals surface area contributed by atoms with Crippen LogP contribution in [0.2, 0.25) is 0 Å². The minimum Gasteiger partial charge on any atom is -0.455 e. The fourth-order valence-corrected chi connectivity index (χ4v) is 3.58. The minimum absolute atomic E-state index is 0.135. The molecule has 0 unspecified atom stereocenters. The Morgan fingerprint density at radius 1 is 0.781 bits per heavy atom. The number of para-hydroxylation sites is 3. The molecular formula is C26H20N2O3S. The molecule has 0 spiro atoms. The van der Waals surface area contributed by atoms with Gasteiger partial charge in [-0.2, -0.15) is 0 Å². The molecule has 0 aliphatic rings. The predicted molar refractivity (Wildman–Crippen MR) is 128 cm³/mol. The maximum Gasteiger partial charge on any atom is 0.272 e. The lowest BCUT2D eigenvalue weighted by atomic mass is 10.2. The van der Waals surface area contributed by atoms with E-state index in [1.54, 1.807) is 48.5 Å². The highest BCUT2D eigenvalue weighted by Crippen LogP contribution is 2.29. The van der Waals surface area contributed by atoms with Crippen LogP contribution in [0.15, 0.2) is 108 Å². The molecule has 2 amide bonds. The number of thiophene rings is 1. The first kappa shape index (κ1) is 21.1. The number of benzene rings is 3. The van der Waals surface area contributed by atoms with E-state index in [9.17, 15) is 9.59 Å². The molecular weight excluding hydrogens is 420 g/mol. The molecule has 0 aliphatic carbocycles. The summed E-state index contributed by atoms with van der Waals surface area (Å²) in [6, 6.07) is 29.0. The second-order valence-corrected chi connectivity index (χ2v) is 7.74. The van der Waals surface area contributed by atoms with Crippen LogP contribution in [0.1, 0.15) is 15.2 Å². The highest BCUT2D eigenvalue weighted by Gasteiger charge is 2.17. The molecule has 0 fully saturated rings. The van der Waals surface area contributed by atoms with Gasteiger partial charge in [0.05, 0.1) is 5.69 Å². The molecule has 0 atom stereocenters. The zero-order valence-electron chi connectivity index (χ0n) is 17.0. The van der Waals surface area contributed by atoms with E-state index in [0.717, 1.165) is 4.88 Å². The molecule has 2 N–H and O–H groups in total. The lowest BCUT2D eigenvalue weighted by Crippen LogP contribution is -2.30. The maximum atomic E-state index is 13.2. The van der Waals surface area contributed by atoms with Gasteiger partial charge in [-0.05, 0) is 53.9 Å². The Labute approximate surface area is 190 Å². The van der Waals surface area contributed by atoms with Crippen LogP contribution in [-0.4, -0.2) is 11.8 Å². The molecule has 0 aliphatic heterocycles. The van der Waals surface area contributed by atoms with Crippen LogP contribution in [0.5, 0.6) is 11.5 Å². The van der Waals surface area contributed by atoms with Crippen molar-refractivity contribution >= 4 is 34.9 Å². The van der Waals surface area contributed by atoms with E-state index in [1.807, 2.05) is 60.0 Å². The summed E-state index contributed by atoms with van der Waals surface area (Å²) in [6.45, 7) is 0. The fraction of sp³-hybridized carbons (Fsp3) is 0. The van der Waals surface area contributed by atoms with E-state index >= 15 is 0 Å². The number of carbonyl (C=O) groups is 2. The van der Waals surface area contributed by atoms with Gasteiger partial charge in [-0.1, -0.05) is 54.6 Å². The topological polar surface area (TPSA) is 67.4 Å². The van der Waals surface area contributed by atoms with Gasteiger partial charge in [0.1, 0.15) is 11.4 Å². The van der Waals surface area contributed by atoms with Crippen molar-refractivity contribution in [1.29, 1.82) is 0 Å². The first-order chi connectivity index (χ1) is 15.7. The third-order valence-corrected chi connectivity index (χ3v) is 5.28. The summed E-state index contributed by atoms with van der Waals surface area (Å²) in [7, 11) is 0. The molecule has 1 aromatic heterocycles. The van der Waals surface area contributed by atoms with Crippen molar-refractivity contribution in [2.45, 2.75) is 0 Å². The lowest BCUT2D eigenvalue weighted by Gasteiger charge is -2.14. The molecule has 0 radical (unpaired) electrons. The Morgan fingerprint density at radius 3 is 2.19 bits per heavy atom. The number of amides is 2. The standard InChI is InChI=1S/C26H20N2O3S/c29-25(19-10-3-1-4-11-19)28-23(18-21-14-9-17-32-21)26(30)27-22-15-7-8-16-24(22)31-20-12-5-2-6-13-20/h1-18H,(H,27,30)(H,28,29)/b23-18-. The third kappa shape index (κ3) is 5.50. The van der Waals surface area contributed by atoms with E-state index in [0.29, 0.717) is 22.7 Å². The highest BCUT2D eigenvalue weighted by atomic mass is 32.1. The molecule has 0 saturated carbocycles. The number of nitrogens with one attached hydrogen (secondary N) is 2. The van der Waals surface area contributed by atoms with Gasteiger partial charge in [0.15, 0.2) is 5.75 Å². The second kappa shape index (κ2) is 10.2. The largest absolute Gasteiger partial charge is 0.455 e. The molecule has 0 saturated heterocycles. The van der Waals surface area contributed by atoms with Crippen LogP contribution in [0.25, 0.3) is 6.08 Å². The van der Waals surface area contributed by atoms with Gasteiger partial charge in [-0.15, -0.1) is 11.3 Å². The van der Waals surface area contributed by atoms with Crippen LogP contribution >= 0.6 is 11.3 Å².